The number of amides is 1. The predicted molar refractivity (Wildman–Crippen MR) is 104 cm³/mol. The molecule has 6 nitrogen and oxygen atoms in total. The highest BCUT2D eigenvalue weighted by molar-refractivity contribution is 7.16. The van der Waals surface area contributed by atoms with E-state index in [2.05, 4.69) is 5.32 Å². The normalized spacial score (nSPS) is 10.4. The molecule has 0 aliphatic carbocycles. The summed E-state index contributed by atoms with van der Waals surface area (Å²) >= 11 is 1.28. The number of anilines is 1. The van der Waals surface area contributed by atoms with Gasteiger partial charge in [0.05, 0.1) is 19.1 Å². The number of aryl methyl sites for hydroxylation is 3. The van der Waals surface area contributed by atoms with Crippen molar-refractivity contribution in [3.05, 3.63) is 50.9 Å². The summed E-state index contributed by atoms with van der Waals surface area (Å²) in [6.07, 6.45) is 0.0963. The summed E-state index contributed by atoms with van der Waals surface area (Å²) in [6, 6.07) is 5.74. The minimum atomic E-state index is -0.515. The van der Waals surface area contributed by atoms with E-state index in [0.29, 0.717) is 10.6 Å². The number of esters is 2. The Kier molecular flexibility index (Phi) is 6.74. The van der Waals surface area contributed by atoms with Crippen LogP contribution in [0.15, 0.2) is 18.2 Å². The Hall–Kier alpha value is -2.67. The van der Waals surface area contributed by atoms with Crippen LogP contribution in [0.3, 0.4) is 0 Å². The largest absolute Gasteiger partial charge is 0.465 e. The number of rotatable bonds is 6. The zero-order chi connectivity index (χ0) is 20.1. The lowest BCUT2D eigenvalue weighted by molar-refractivity contribution is -0.146. The second kappa shape index (κ2) is 8.81. The van der Waals surface area contributed by atoms with Crippen LogP contribution >= 0.6 is 11.3 Å². The standard InChI is InChI=1S/C20H23NO5S/c1-11-6-7-15(8-12(11)2)9-17(23)26-10-16(22)21-19-18(20(24)25-5)13(3)14(4)27-19/h6-8H,9-10H2,1-5H3,(H,21,22). The number of nitrogens with one attached hydrogen (secondary N) is 1. The van der Waals surface area contributed by atoms with Crippen LogP contribution in [-0.2, 0) is 25.5 Å². The van der Waals surface area contributed by atoms with Crippen LogP contribution in [-0.4, -0.2) is 31.6 Å². The molecule has 27 heavy (non-hydrogen) atoms. The van der Waals surface area contributed by atoms with E-state index in [1.807, 2.05) is 39.0 Å². The van der Waals surface area contributed by atoms with Gasteiger partial charge in [-0.25, -0.2) is 4.79 Å². The van der Waals surface area contributed by atoms with Gasteiger partial charge in [0.1, 0.15) is 5.00 Å². The van der Waals surface area contributed by atoms with E-state index < -0.39 is 24.5 Å². The van der Waals surface area contributed by atoms with Crippen LogP contribution in [0, 0.1) is 27.7 Å². The molecule has 0 unspecified atom stereocenters. The first kappa shape index (κ1) is 20.6. The number of methoxy groups -OCH3 is 1. The summed E-state index contributed by atoms with van der Waals surface area (Å²) in [5.74, 6) is -1.51. The van der Waals surface area contributed by atoms with Crippen molar-refractivity contribution in [2.45, 2.75) is 34.1 Å². The Morgan fingerprint density at radius 1 is 1.07 bits per heavy atom. The molecule has 0 bridgehead atoms. The maximum atomic E-state index is 12.1. The van der Waals surface area contributed by atoms with Crippen molar-refractivity contribution >= 4 is 34.2 Å². The maximum Gasteiger partial charge on any atom is 0.341 e. The molecule has 2 aromatic rings. The van der Waals surface area contributed by atoms with Gasteiger partial charge in [0, 0.05) is 4.88 Å². The van der Waals surface area contributed by atoms with Gasteiger partial charge in [0.15, 0.2) is 6.61 Å². The van der Waals surface area contributed by atoms with Crippen molar-refractivity contribution in [2.75, 3.05) is 19.0 Å². The number of ether oxygens (including phenoxy) is 2. The first-order chi connectivity index (χ1) is 12.7. The Morgan fingerprint density at radius 3 is 2.41 bits per heavy atom. The van der Waals surface area contributed by atoms with Gasteiger partial charge in [-0.05, 0) is 49.9 Å². The third-order valence-corrected chi connectivity index (χ3v) is 5.43. The minimum Gasteiger partial charge on any atom is -0.465 e. The van der Waals surface area contributed by atoms with E-state index in [1.165, 1.54) is 18.4 Å². The molecule has 0 aliphatic rings. The predicted octanol–water partition coefficient (Wildman–Crippen LogP) is 3.49. The molecule has 0 saturated heterocycles. The van der Waals surface area contributed by atoms with Crippen LogP contribution < -0.4 is 5.32 Å². The van der Waals surface area contributed by atoms with Crippen molar-refractivity contribution in [3.63, 3.8) is 0 Å². The second-order valence-corrected chi connectivity index (χ2v) is 7.51. The first-order valence-corrected chi connectivity index (χ1v) is 9.24. The quantitative estimate of drug-likeness (QED) is 0.765. The van der Waals surface area contributed by atoms with Gasteiger partial charge >= 0.3 is 11.9 Å². The molecule has 0 radical (unpaired) electrons. The number of hydrogen-bond acceptors (Lipinski definition) is 6. The first-order valence-electron chi connectivity index (χ1n) is 8.42. The summed E-state index contributed by atoms with van der Waals surface area (Å²) in [4.78, 5) is 36.9. The van der Waals surface area contributed by atoms with Crippen molar-refractivity contribution in [1.82, 2.24) is 0 Å². The summed E-state index contributed by atoms with van der Waals surface area (Å²) in [5, 5.41) is 3.02. The molecular weight excluding hydrogens is 366 g/mol. The summed E-state index contributed by atoms with van der Waals surface area (Å²) < 4.78 is 9.82. The van der Waals surface area contributed by atoms with Gasteiger partial charge in [-0.15, -0.1) is 11.3 Å². The van der Waals surface area contributed by atoms with Crippen LogP contribution in [0.25, 0.3) is 0 Å². The molecular formula is C20H23NO5S. The molecule has 0 fully saturated rings. The average Bonchev–Trinajstić information content (AvgIpc) is 2.89. The Balaban J connectivity index is 1.94. The Morgan fingerprint density at radius 2 is 1.78 bits per heavy atom. The van der Waals surface area contributed by atoms with Gasteiger partial charge in [-0.2, -0.15) is 0 Å². The molecule has 2 rings (SSSR count). The van der Waals surface area contributed by atoms with Crippen molar-refractivity contribution in [3.8, 4) is 0 Å². The number of carbonyl (C=O) groups is 3. The lowest BCUT2D eigenvalue weighted by Gasteiger charge is -2.08. The monoisotopic (exact) mass is 389 g/mol. The number of hydrogen-bond donors (Lipinski definition) is 1. The number of carbonyl (C=O) groups excluding carboxylic acids is 3. The van der Waals surface area contributed by atoms with Crippen LogP contribution in [0.5, 0.6) is 0 Å². The van der Waals surface area contributed by atoms with E-state index in [4.69, 9.17) is 9.47 Å². The van der Waals surface area contributed by atoms with Gasteiger partial charge in [-0.3, -0.25) is 9.59 Å². The summed E-state index contributed by atoms with van der Waals surface area (Å²) in [5.41, 5.74) is 4.16. The van der Waals surface area contributed by atoms with E-state index in [0.717, 1.165) is 27.1 Å². The summed E-state index contributed by atoms with van der Waals surface area (Å²) in [6.45, 7) is 7.20. The topological polar surface area (TPSA) is 81.7 Å². The number of thiophene rings is 1. The Labute approximate surface area is 162 Å². The molecule has 144 valence electrons. The Bertz CT molecular complexity index is 885. The van der Waals surface area contributed by atoms with E-state index in [-0.39, 0.29) is 6.42 Å². The molecule has 0 saturated carbocycles. The van der Waals surface area contributed by atoms with E-state index >= 15 is 0 Å². The fourth-order valence-corrected chi connectivity index (χ4v) is 3.57. The maximum absolute atomic E-state index is 12.1. The fraction of sp³-hybridized carbons (Fsp3) is 0.350. The highest BCUT2D eigenvalue weighted by atomic mass is 32.1. The molecule has 7 heteroatoms. The van der Waals surface area contributed by atoms with Crippen molar-refractivity contribution in [2.24, 2.45) is 0 Å². The number of benzene rings is 1. The van der Waals surface area contributed by atoms with Crippen molar-refractivity contribution in [1.29, 1.82) is 0 Å². The minimum absolute atomic E-state index is 0.0963. The molecule has 1 aromatic heterocycles. The van der Waals surface area contributed by atoms with Gasteiger partial charge in [0.2, 0.25) is 0 Å². The smallest absolute Gasteiger partial charge is 0.341 e. The van der Waals surface area contributed by atoms with Crippen molar-refractivity contribution < 1.29 is 23.9 Å². The third kappa shape index (κ3) is 5.17. The van der Waals surface area contributed by atoms with Crippen LogP contribution in [0.2, 0.25) is 0 Å². The average molecular weight is 389 g/mol. The molecule has 0 spiro atoms. The fourth-order valence-electron chi connectivity index (χ4n) is 2.50. The zero-order valence-corrected chi connectivity index (χ0v) is 16.9. The van der Waals surface area contributed by atoms with Gasteiger partial charge < -0.3 is 14.8 Å². The van der Waals surface area contributed by atoms with E-state index in [1.54, 1.807) is 6.92 Å². The van der Waals surface area contributed by atoms with Crippen LogP contribution in [0.4, 0.5) is 5.00 Å². The SMILES string of the molecule is COC(=O)c1c(NC(=O)COC(=O)Cc2ccc(C)c(C)c2)sc(C)c1C. The lowest BCUT2D eigenvalue weighted by Crippen LogP contribution is -2.22. The summed E-state index contributed by atoms with van der Waals surface area (Å²) in [7, 11) is 1.29. The zero-order valence-electron chi connectivity index (χ0n) is 16.1. The second-order valence-electron chi connectivity index (χ2n) is 6.28. The molecule has 0 atom stereocenters. The molecule has 0 aliphatic heterocycles. The molecule has 1 N–H and O–H groups in total. The highest BCUT2D eigenvalue weighted by Gasteiger charge is 2.22. The van der Waals surface area contributed by atoms with Crippen LogP contribution in [0.1, 0.15) is 37.5 Å². The van der Waals surface area contributed by atoms with E-state index in [9.17, 15) is 14.4 Å². The third-order valence-electron chi connectivity index (χ3n) is 4.31. The lowest BCUT2D eigenvalue weighted by atomic mass is 10.0. The highest BCUT2D eigenvalue weighted by Crippen LogP contribution is 2.32. The molecule has 1 aromatic carbocycles. The van der Waals surface area contributed by atoms with Gasteiger partial charge in [-0.1, -0.05) is 18.2 Å². The molecule has 1 heterocycles. The molecule has 1 amide bonds. The van der Waals surface area contributed by atoms with Gasteiger partial charge in [0.25, 0.3) is 5.91 Å².